The zero-order valence-corrected chi connectivity index (χ0v) is 9.36. The lowest BCUT2D eigenvalue weighted by molar-refractivity contribution is -0.130. The van der Waals surface area contributed by atoms with Gasteiger partial charge in [-0.15, -0.1) is 0 Å². The Morgan fingerprint density at radius 2 is 2.07 bits per heavy atom. The molecule has 1 aromatic rings. The highest BCUT2D eigenvalue weighted by Crippen LogP contribution is 2.32. The lowest BCUT2D eigenvalue weighted by Gasteiger charge is -2.26. The first kappa shape index (κ1) is 10.2. The molecular weight excluding hydrogens is 186 g/mol. The lowest BCUT2D eigenvalue weighted by Crippen LogP contribution is -2.30. The van der Waals surface area contributed by atoms with Gasteiger partial charge in [-0.2, -0.15) is 0 Å². The zero-order valence-electron chi connectivity index (χ0n) is 9.36. The molecule has 2 nitrogen and oxygen atoms in total. The van der Waals surface area contributed by atoms with E-state index in [0.29, 0.717) is 0 Å². The van der Waals surface area contributed by atoms with Crippen molar-refractivity contribution in [2.24, 2.45) is 0 Å². The van der Waals surface area contributed by atoms with Crippen LogP contribution in [0.15, 0.2) is 24.3 Å². The van der Waals surface area contributed by atoms with Crippen molar-refractivity contribution in [1.29, 1.82) is 0 Å². The number of benzene rings is 1. The first-order valence-corrected chi connectivity index (χ1v) is 5.49. The van der Waals surface area contributed by atoms with Crippen LogP contribution in [-0.4, -0.2) is 24.9 Å². The number of hydrogen-bond acceptors (Lipinski definition) is 1. The van der Waals surface area contributed by atoms with Crippen molar-refractivity contribution in [3.05, 3.63) is 35.4 Å². The minimum absolute atomic E-state index is 0.0879. The summed E-state index contributed by atoms with van der Waals surface area (Å²) in [6.45, 7) is 0. The van der Waals surface area contributed by atoms with Gasteiger partial charge in [-0.05, 0) is 30.4 Å². The van der Waals surface area contributed by atoms with E-state index in [4.69, 9.17) is 0 Å². The number of nitrogens with zero attached hydrogens (tertiary/aromatic N) is 1. The SMILES string of the molecule is CN(C)C(=O)[C@@H]1CCCc2ccccc21. The Kier molecular flexibility index (Phi) is 2.76. The fourth-order valence-corrected chi connectivity index (χ4v) is 2.32. The van der Waals surface area contributed by atoms with E-state index in [1.165, 1.54) is 11.1 Å². The molecule has 80 valence electrons. The van der Waals surface area contributed by atoms with Crippen LogP contribution in [0.4, 0.5) is 0 Å². The summed E-state index contributed by atoms with van der Waals surface area (Å²) >= 11 is 0. The fourth-order valence-electron chi connectivity index (χ4n) is 2.32. The first-order chi connectivity index (χ1) is 7.20. The van der Waals surface area contributed by atoms with Gasteiger partial charge in [-0.1, -0.05) is 24.3 Å². The third-order valence-corrected chi connectivity index (χ3v) is 3.11. The van der Waals surface area contributed by atoms with E-state index in [2.05, 4.69) is 18.2 Å². The molecule has 0 radical (unpaired) electrons. The van der Waals surface area contributed by atoms with E-state index in [1.807, 2.05) is 20.2 Å². The van der Waals surface area contributed by atoms with Crippen molar-refractivity contribution < 1.29 is 4.79 Å². The number of fused-ring (bicyclic) bond motifs is 1. The van der Waals surface area contributed by atoms with Crippen LogP contribution in [-0.2, 0) is 11.2 Å². The molecule has 2 heteroatoms. The molecule has 0 unspecified atom stereocenters. The number of rotatable bonds is 1. The molecule has 0 aliphatic heterocycles. The standard InChI is InChI=1S/C13H17NO/c1-14(2)13(15)12-9-5-7-10-6-3-4-8-11(10)12/h3-4,6,8,12H,5,7,9H2,1-2H3/t12-/m1/s1. The number of hydrogen-bond donors (Lipinski definition) is 0. The van der Waals surface area contributed by atoms with E-state index in [1.54, 1.807) is 4.90 Å². The van der Waals surface area contributed by atoms with Crippen LogP contribution < -0.4 is 0 Å². The van der Waals surface area contributed by atoms with Crippen LogP contribution in [0, 0.1) is 0 Å². The summed E-state index contributed by atoms with van der Waals surface area (Å²) < 4.78 is 0. The van der Waals surface area contributed by atoms with Gasteiger partial charge in [0.05, 0.1) is 5.92 Å². The third kappa shape index (κ3) is 1.89. The highest BCUT2D eigenvalue weighted by atomic mass is 16.2. The topological polar surface area (TPSA) is 20.3 Å². The van der Waals surface area contributed by atoms with E-state index in [0.717, 1.165) is 19.3 Å². The summed E-state index contributed by atoms with van der Waals surface area (Å²) in [6, 6.07) is 8.33. The normalized spacial score (nSPS) is 19.5. The third-order valence-electron chi connectivity index (χ3n) is 3.11. The van der Waals surface area contributed by atoms with Crippen molar-refractivity contribution in [3.63, 3.8) is 0 Å². The Bertz CT molecular complexity index is 371. The van der Waals surface area contributed by atoms with E-state index in [9.17, 15) is 4.79 Å². The quantitative estimate of drug-likeness (QED) is 0.685. The summed E-state index contributed by atoms with van der Waals surface area (Å²) in [5.74, 6) is 0.326. The van der Waals surface area contributed by atoms with Gasteiger partial charge < -0.3 is 4.90 Å². The van der Waals surface area contributed by atoms with Gasteiger partial charge in [0.15, 0.2) is 0 Å². The molecule has 0 saturated heterocycles. The molecule has 1 amide bonds. The number of carbonyl (C=O) groups is 1. The van der Waals surface area contributed by atoms with Gasteiger partial charge in [0.2, 0.25) is 5.91 Å². The molecule has 1 aromatic carbocycles. The number of likely N-dealkylation sites (N-methyl/N-ethyl adjacent to an activating group) is 1. The van der Waals surface area contributed by atoms with Gasteiger partial charge in [-0.3, -0.25) is 4.79 Å². The average molecular weight is 203 g/mol. The smallest absolute Gasteiger partial charge is 0.229 e. The Balaban J connectivity index is 2.34. The summed E-state index contributed by atoms with van der Waals surface area (Å²) in [5.41, 5.74) is 2.59. The van der Waals surface area contributed by atoms with Crippen molar-refractivity contribution in [2.75, 3.05) is 14.1 Å². The lowest BCUT2D eigenvalue weighted by atomic mass is 9.82. The fraction of sp³-hybridized carbons (Fsp3) is 0.462. The Morgan fingerprint density at radius 1 is 1.33 bits per heavy atom. The Labute approximate surface area is 90.9 Å². The molecule has 1 aliphatic carbocycles. The molecule has 0 fully saturated rings. The Morgan fingerprint density at radius 3 is 2.80 bits per heavy atom. The molecule has 2 rings (SSSR count). The molecular formula is C13H17NO. The molecule has 0 bridgehead atoms. The highest BCUT2D eigenvalue weighted by Gasteiger charge is 2.26. The molecule has 0 saturated carbocycles. The highest BCUT2D eigenvalue weighted by molar-refractivity contribution is 5.84. The van der Waals surface area contributed by atoms with Crippen LogP contribution in [0.25, 0.3) is 0 Å². The monoisotopic (exact) mass is 203 g/mol. The summed E-state index contributed by atoms with van der Waals surface area (Å²) in [5, 5.41) is 0. The van der Waals surface area contributed by atoms with Crippen LogP contribution in [0.1, 0.15) is 29.9 Å². The average Bonchev–Trinajstić information content (AvgIpc) is 2.27. The van der Waals surface area contributed by atoms with Gasteiger partial charge in [0.1, 0.15) is 0 Å². The van der Waals surface area contributed by atoms with Gasteiger partial charge in [-0.25, -0.2) is 0 Å². The predicted octanol–water partition coefficient (Wildman–Crippen LogP) is 2.19. The summed E-state index contributed by atoms with van der Waals surface area (Å²) in [7, 11) is 3.67. The van der Waals surface area contributed by atoms with Crippen molar-refractivity contribution in [3.8, 4) is 0 Å². The maximum absolute atomic E-state index is 12.0. The molecule has 1 aliphatic rings. The first-order valence-electron chi connectivity index (χ1n) is 5.49. The van der Waals surface area contributed by atoms with E-state index in [-0.39, 0.29) is 11.8 Å². The zero-order chi connectivity index (χ0) is 10.8. The minimum Gasteiger partial charge on any atom is -0.348 e. The van der Waals surface area contributed by atoms with Gasteiger partial charge in [0.25, 0.3) is 0 Å². The van der Waals surface area contributed by atoms with Crippen LogP contribution in [0.5, 0.6) is 0 Å². The molecule has 0 N–H and O–H groups in total. The molecule has 1 atom stereocenters. The Hall–Kier alpha value is -1.31. The second-order valence-electron chi connectivity index (χ2n) is 4.38. The molecule has 0 aromatic heterocycles. The summed E-state index contributed by atoms with van der Waals surface area (Å²) in [6.07, 6.45) is 3.24. The largest absolute Gasteiger partial charge is 0.348 e. The van der Waals surface area contributed by atoms with E-state index < -0.39 is 0 Å². The maximum atomic E-state index is 12.0. The summed E-state index contributed by atoms with van der Waals surface area (Å²) in [4.78, 5) is 13.7. The van der Waals surface area contributed by atoms with Crippen molar-refractivity contribution in [2.45, 2.75) is 25.2 Å². The molecule has 15 heavy (non-hydrogen) atoms. The maximum Gasteiger partial charge on any atom is 0.229 e. The predicted molar refractivity (Wildman–Crippen MR) is 60.8 cm³/mol. The second kappa shape index (κ2) is 4.05. The minimum atomic E-state index is 0.0879. The number of aryl methyl sites for hydroxylation is 1. The van der Waals surface area contributed by atoms with E-state index >= 15 is 0 Å². The van der Waals surface area contributed by atoms with Crippen LogP contribution in [0.2, 0.25) is 0 Å². The number of carbonyl (C=O) groups excluding carboxylic acids is 1. The van der Waals surface area contributed by atoms with Crippen LogP contribution in [0.3, 0.4) is 0 Å². The van der Waals surface area contributed by atoms with Gasteiger partial charge in [0, 0.05) is 14.1 Å². The van der Waals surface area contributed by atoms with Crippen molar-refractivity contribution >= 4 is 5.91 Å². The second-order valence-corrected chi connectivity index (χ2v) is 4.38. The molecule has 0 heterocycles. The van der Waals surface area contributed by atoms with Crippen molar-refractivity contribution in [1.82, 2.24) is 4.90 Å². The number of amides is 1. The molecule has 0 spiro atoms. The van der Waals surface area contributed by atoms with Crippen LogP contribution >= 0.6 is 0 Å². The van der Waals surface area contributed by atoms with Gasteiger partial charge >= 0.3 is 0 Å².